The van der Waals surface area contributed by atoms with E-state index < -0.39 is 0 Å². The zero-order valence-electron chi connectivity index (χ0n) is 13.9. The van der Waals surface area contributed by atoms with Crippen molar-refractivity contribution in [2.24, 2.45) is 5.16 Å². The van der Waals surface area contributed by atoms with Gasteiger partial charge in [0.05, 0.1) is 10.5 Å². The predicted octanol–water partition coefficient (Wildman–Crippen LogP) is 5.88. The molecule has 1 heterocycles. The van der Waals surface area contributed by atoms with Crippen molar-refractivity contribution in [1.29, 1.82) is 5.26 Å². The molecule has 0 unspecified atom stereocenters. The number of nitrogens with zero attached hydrogens (tertiary/aromatic N) is 2. The molecule has 25 heavy (non-hydrogen) atoms. The van der Waals surface area contributed by atoms with Crippen LogP contribution in [0.2, 0.25) is 0 Å². The Labute approximate surface area is 156 Å². The van der Waals surface area contributed by atoms with Gasteiger partial charge in [0.2, 0.25) is 0 Å². The third kappa shape index (κ3) is 4.16. The van der Waals surface area contributed by atoms with E-state index in [1.54, 1.807) is 0 Å². The molecule has 2 aromatic carbocycles. The van der Waals surface area contributed by atoms with Crippen molar-refractivity contribution in [2.45, 2.75) is 18.7 Å². The standard InChI is InChI=1S/C20H16N2OS2/c1-14-7-9-16(10-8-14)25-23-22-20-18(11-12-24-20)19(13-21)17-6-4-3-5-15(17)2/h3-12H,1-2H3/b19-18+,22-20-. The molecule has 0 bridgehead atoms. The first-order valence-corrected chi connectivity index (χ1v) is 9.33. The second-order valence-electron chi connectivity index (χ2n) is 5.50. The normalized spacial score (nSPS) is 16.8. The van der Waals surface area contributed by atoms with E-state index in [4.69, 9.17) is 4.28 Å². The number of thioether (sulfide) groups is 1. The average molecular weight is 364 g/mol. The molecule has 0 atom stereocenters. The summed E-state index contributed by atoms with van der Waals surface area (Å²) in [5, 5.41) is 16.5. The molecule has 0 spiro atoms. The van der Waals surface area contributed by atoms with Gasteiger partial charge in [-0.2, -0.15) is 5.26 Å². The van der Waals surface area contributed by atoms with E-state index in [1.165, 1.54) is 29.4 Å². The zero-order chi connectivity index (χ0) is 17.6. The zero-order valence-corrected chi connectivity index (χ0v) is 15.5. The molecule has 0 aliphatic carbocycles. The minimum Gasteiger partial charge on any atom is -0.316 e. The number of allylic oxidation sites excluding steroid dienone is 2. The number of nitriles is 1. The molecule has 2 aromatic rings. The third-order valence-electron chi connectivity index (χ3n) is 3.71. The highest BCUT2D eigenvalue weighted by Gasteiger charge is 2.19. The number of aryl methyl sites for hydroxylation is 2. The molecule has 1 aliphatic heterocycles. The molecule has 0 radical (unpaired) electrons. The number of rotatable bonds is 4. The topological polar surface area (TPSA) is 45.4 Å². The van der Waals surface area contributed by atoms with Gasteiger partial charge >= 0.3 is 0 Å². The Morgan fingerprint density at radius 3 is 2.60 bits per heavy atom. The minimum absolute atomic E-state index is 0.613. The minimum atomic E-state index is 0.613. The molecule has 3 nitrogen and oxygen atoms in total. The van der Waals surface area contributed by atoms with E-state index in [1.807, 2.05) is 73.9 Å². The maximum absolute atomic E-state index is 9.66. The van der Waals surface area contributed by atoms with E-state index in [0.29, 0.717) is 10.6 Å². The van der Waals surface area contributed by atoms with Crippen LogP contribution in [0.15, 0.2) is 75.6 Å². The molecule has 0 amide bonds. The monoisotopic (exact) mass is 364 g/mol. The molecule has 5 heteroatoms. The fraction of sp³-hybridized carbons (Fsp3) is 0.100. The van der Waals surface area contributed by atoms with E-state index in [-0.39, 0.29) is 0 Å². The molecule has 0 saturated carbocycles. The van der Waals surface area contributed by atoms with Crippen LogP contribution in [0.3, 0.4) is 0 Å². The molecular weight excluding hydrogens is 348 g/mol. The van der Waals surface area contributed by atoms with Crippen LogP contribution in [-0.4, -0.2) is 5.04 Å². The highest BCUT2D eigenvalue weighted by Crippen LogP contribution is 2.32. The molecular formula is C20H16N2OS2. The maximum atomic E-state index is 9.66. The number of hydrogen-bond donors (Lipinski definition) is 0. The van der Waals surface area contributed by atoms with E-state index >= 15 is 0 Å². The lowest BCUT2D eigenvalue weighted by molar-refractivity contribution is 0.407. The van der Waals surface area contributed by atoms with Crippen molar-refractivity contribution in [3.8, 4) is 6.07 Å². The Morgan fingerprint density at radius 2 is 1.88 bits per heavy atom. The first-order chi connectivity index (χ1) is 12.2. The quantitative estimate of drug-likeness (QED) is 0.386. The van der Waals surface area contributed by atoms with Crippen molar-refractivity contribution < 1.29 is 4.28 Å². The first-order valence-electron chi connectivity index (χ1n) is 7.71. The van der Waals surface area contributed by atoms with Gasteiger partial charge in [-0.1, -0.05) is 58.9 Å². The van der Waals surface area contributed by atoms with Crippen LogP contribution in [-0.2, 0) is 4.28 Å². The highest BCUT2D eigenvalue weighted by atomic mass is 32.2. The first kappa shape index (κ1) is 17.4. The maximum Gasteiger partial charge on any atom is 0.150 e. The third-order valence-corrected chi connectivity index (χ3v) is 5.12. The molecule has 3 rings (SSSR count). The van der Waals surface area contributed by atoms with Crippen molar-refractivity contribution >= 4 is 34.4 Å². The Balaban J connectivity index is 1.83. The summed E-state index contributed by atoms with van der Waals surface area (Å²) >= 11 is 2.66. The van der Waals surface area contributed by atoms with Crippen LogP contribution < -0.4 is 0 Å². The van der Waals surface area contributed by atoms with Gasteiger partial charge in [0.25, 0.3) is 0 Å². The summed E-state index contributed by atoms with van der Waals surface area (Å²) in [6.07, 6.45) is 1.91. The fourth-order valence-corrected chi connectivity index (χ4v) is 3.57. The summed E-state index contributed by atoms with van der Waals surface area (Å²) in [5.41, 5.74) is 4.60. The van der Waals surface area contributed by atoms with Crippen LogP contribution in [0.4, 0.5) is 0 Å². The summed E-state index contributed by atoms with van der Waals surface area (Å²) in [5.74, 6) is 0. The van der Waals surface area contributed by atoms with Gasteiger partial charge in [-0.25, -0.2) is 0 Å². The largest absolute Gasteiger partial charge is 0.316 e. The average Bonchev–Trinajstić information content (AvgIpc) is 3.07. The smallest absolute Gasteiger partial charge is 0.150 e. The lowest BCUT2D eigenvalue weighted by atomic mass is 9.97. The molecule has 124 valence electrons. The number of benzene rings is 2. The summed E-state index contributed by atoms with van der Waals surface area (Å²) in [6, 6.07) is 18.2. The lowest BCUT2D eigenvalue weighted by Crippen LogP contribution is -1.97. The van der Waals surface area contributed by atoms with Gasteiger partial charge in [-0.05, 0) is 48.6 Å². The van der Waals surface area contributed by atoms with Crippen molar-refractivity contribution in [2.75, 3.05) is 0 Å². The Bertz CT molecular complexity index is 906. The van der Waals surface area contributed by atoms with Crippen molar-refractivity contribution in [3.05, 3.63) is 82.3 Å². The summed E-state index contributed by atoms with van der Waals surface area (Å²) in [4.78, 5) is 0.982. The SMILES string of the molecule is Cc1ccc(SO/N=C2\SC=C\C2=C(\C#N)c2ccccc2C)cc1. The van der Waals surface area contributed by atoms with Crippen molar-refractivity contribution in [3.63, 3.8) is 0 Å². The van der Waals surface area contributed by atoms with E-state index in [2.05, 4.69) is 11.2 Å². The Hall–Kier alpha value is -2.42. The fourth-order valence-electron chi connectivity index (χ4n) is 2.37. The second-order valence-corrected chi connectivity index (χ2v) is 7.19. The summed E-state index contributed by atoms with van der Waals surface area (Å²) < 4.78 is 5.43. The van der Waals surface area contributed by atoms with Crippen LogP contribution >= 0.6 is 23.8 Å². The van der Waals surface area contributed by atoms with Crippen LogP contribution in [0.1, 0.15) is 16.7 Å². The van der Waals surface area contributed by atoms with Crippen LogP contribution in [0, 0.1) is 25.2 Å². The number of oxime groups is 1. The van der Waals surface area contributed by atoms with Crippen LogP contribution in [0.25, 0.3) is 5.57 Å². The Kier molecular flexibility index (Phi) is 5.64. The lowest BCUT2D eigenvalue weighted by Gasteiger charge is -2.07. The molecule has 0 N–H and O–H groups in total. The second kappa shape index (κ2) is 8.11. The van der Waals surface area contributed by atoms with Crippen molar-refractivity contribution in [1.82, 2.24) is 0 Å². The summed E-state index contributed by atoms with van der Waals surface area (Å²) in [7, 11) is 0. The van der Waals surface area contributed by atoms with Gasteiger partial charge in [0.15, 0.2) is 0 Å². The Morgan fingerprint density at radius 1 is 1.12 bits per heavy atom. The van der Waals surface area contributed by atoms with Gasteiger partial charge in [0, 0.05) is 5.57 Å². The van der Waals surface area contributed by atoms with Gasteiger partial charge < -0.3 is 4.28 Å². The van der Waals surface area contributed by atoms with Gasteiger partial charge in [-0.15, -0.1) is 0 Å². The predicted molar refractivity (Wildman–Crippen MR) is 106 cm³/mol. The molecule has 0 fully saturated rings. The van der Waals surface area contributed by atoms with Gasteiger partial charge in [0.1, 0.15) is 23.2 Å². The molecule has 0 saturated heterocycles. The van der Waals surface area contributed by atoms with E-state index in [0.717, 1.165) is 21.6 Å². The van der Waals surface area contributed by atoms with E-state index in [9.17, 15) is 5.26 Å². The highest BCUT2D eigenvalue weighted by molar-refractivity contribution is 8.17. The molecule has 0 aromatic heterocycles. The number of hydrogen-bond acceptors (Lipinski definition) is 5. The molecule has 1 aliphatic rings. The van der Waals surface area contributed by atoms with Gasteiger partial charge in [-0.3, -0.25) is 0 Å². The van der Waals surface area contributed by atoms with Crippen LogP contribution in [0.5, 0.6) is 0 Å². The summed E-state index contributed by atoms with van der Waals surface area (Å²) in [6.45, 7) is 4.04.